The van der Waals surface area contributed by atoms with E-state index in [-0.39, 0.29) is 5.91 Å². The van der Waals surface area contributed by atoms with Gasteiger partial charge in [-0.1, -0.05) is 42.5 Å². The molecule has 0 saturated heterocycles. The second-order valence-electron chi connectivity index (χ2n) is 4.85. The normalized spacial score (nSPS) is 10.6. The van der Waals surface area contributed by atoms with E-state index in [1.165, 1.54) is 6.92 Å². The summed E-state index contributed by atoms with van der Waals surface area (Å²) in [5.41, 5.74) is 3.87. The summed E-state index contributed by atoms with van der Waals surface area (Å²) < 4.78 is 5.33. The molecule has 21 heavy (non-hydrogen) atoms. The number of carbonyl (C=O) groups excluding carboxylic acids is 1. The van der Waals surface area contributed by atoms with E-state index in [2.05, 4.69) is 5.32 Å². The highest BCUT2D eigenvalue weighted by atomic mass is 16.5. The van der Waals surface area contributed by atoms with Crippen molar-refractivity contribution in [3.05, 3.63) is 59.2 Å². The summed E-state index contributed by atoms with van der Waals surface area (Å²) in [5, 5.41) is 2.86. The SMILES string of the molecule is COc1ccccc1/C=C/c1ccc(C)cc1NC(C)=O. The number of benzene rings is 2. The minimum Gasteiger partial charge on any atom is -0.496 e. The van der Waals surface area contributed by atoms with Gasteiger partial charge >= 0.3 is 0 Å². The molecular formula is C18H19NO2. The van der Waals surface area contributed by atoms with E-state index in [4.69, 9.17) is 4.74 Å². The molecule has 0 aliphatic heterocycles. The van der Waals surface area contributed by atoms with Crippen molar-refractivity contribution in [2.24, 2.45) is 0 Å². The van der Waals surface area contributed by atoms with E-state index in [9.17, 15) is 4.79 Å². The van der Waals surface area contributed by atoms with Crippen molar-refractivity contribution >= 4 is 23.7 Å². The summed E-state index contributed by atoms with van der Waals surface area (Å²) in [6.45, 7) is 3.51. The number of aryl methyl sites for hydroxylation is 1. The highest BCUT2D eigenvalue weighted by Crippen LogP contribution is 2.23. The number of nitrogens with one attached hydrogen (secondary N) is 1. The van der Waals surface area contributed by atoms with Crippen LogP contribution in [0.2, 0.25) is 0 Å². The van der Waals surface area contributed by atoms with Crippen LogP contribution in [0, 0.1) is 6.92 Å². The predicted molar refractivity (Wildman–Crippen MR) is 87.4 cm³/mol. The Labute approximate surface area is 125 Å². The zero-order valence-electron chi connectivity index (χ0n) is 12.5. The van der Waals surface area contributed by atoms with Crippen LogP contribution in [0.15, 0.2) is 42.5 Å². The number of rotatable bonds is 4. The van der Waals surface area contributed by atoms with E-state index >= 15 is 0 Å². The number of ether oxygens (including phenoxy) is 1. The molecule has 0 radical (unpaired) electrons. The lowest BCUT2D eigenvalue weighted by Crippen LogP contribution is -2.07. The average molecular weight is 281 g/mol. The van der Waals surface area contributed by atoms with E-state index in [0.717, 1.165) is 28.1 Å². The van der Waals surface area contributed by atoms with Crippen molar-refractivity contribution in [3.8, 4) is 5.75 Å². The molecule has 0 saturated carbocycles. The molecular weight excluding hydrogens is 262 g/mol. The summed E-state index contributed by atoms with van der Waals surface area (Å²) in [7, 11) is 1.65. The molecule has 0 unspecified atom stereocenters. The van der Waals surface area contributed by atoms with Gasteiger partial charge in [-0.05, 0) is 30.2 Å². The van der Waals surface area contributed by atoms with Gasteiger partial charge in [-0.3, -0.25) is 4.79 Å². The van der Waals surface area contributed by atoms with Gasteiger partial charge in [-0.25, -0.2) is 0 Å². The molecule has 0 aliphatic rings. The van der Waals surface area contributed by atoms with Crippen LogP contribution in [-0.2, 0) is 4.79 Å². The van der Waals surface area contributed by atoms with Crippen LogP contribution in [0.25, 0.3) is 12.2 Å². The molecule has 0 atom stereocenters. The van der Waals surface area contributed by atoms with Gasteiger partial charge in [-0.2, -0.15) is 0 Å². The standard InChI is InChI=1S/C18H19NO2/c1-13-8-9-15(17(12-13)19-14(2)20)10-11-16-6-4-5-7-18(16)21-3/h4-12H,1-3H3,(H,19,20)/b11-10+. The van der Waals surface area contributed by atoms with Crippen LogP contribution < -0.4 is 10.1 Å². The van der Waals surface area contributed by atoms with Crippen LogP contribution in [0.5, 0.6) is 5.75 Å². The lowest BCUT2D eigenvalue weighted by atomic mass is 10.1. The van der Waals surface area contributed by atoms with Crippen molar-refractivity contribution in [2.75, 3.05) is 12.4 Å². The first-order valence-corrected chi connectivity index (χ1v) is 6.79. The van der Waals surface area contributed by atoms with Gasteiger partial charge in [0.25, 0.3) is 0 Å². The number of methoxy groups -OCH3 is 1. The van der Waals surface area contributed by atoms with Crippen LogP contribution in [0.3, 0.4) is 0 Å². The fraction of sp³-hybridized carbons (Fsp3) is 0.167. The maximum Gasteiger partial charge on any atom is 0.221 e. The molecule has 108 valence electrons. The molecule has 3 heteroatoms. The summed E-state index contributed by atoms with van der Waals surface area (Å²) in [4.78, 5) is 11.3. The molecule has 0 aromatic heterocycles. The topological polar surface area (TPSA) is 38.3 Å². The Hall–Kier alpha value is -2.55. The van der Waals surface area contributed by atoms with Crippen molar-refractivity contribution in [1.82, 2.24) is 0 Å². The summed E-state index contributed by atoms with van der Waals surface area (Å²) in [6.07, 6.45) is 3.96. The molecule has 3 nitrogen and oxygen atoms in total. The molecule has 0 bridgehead atoms. The Morgan fingerprint density at radius 2 is 1.81 bits per heavy atom. The van der Waals surface area contributed by atoms with E-state index < -0.39 is 0 Å². The first-order valence-electron chi connectivity index (χ1n) is 6.79. The van der Waals surface area contributed by atoms with Crippen molar-refractivity contribution in [2.45, 2.75) is 13.8 Å². The van der Waals surface area contributed by atoms with Gasteiger partial charge in [-0.15, -0.1) is 0 Å². The van der Waals surface area contributed by atoms with Gasteiger partial charge in [0.15, 0.2) is 0 Å². The Morgan fingerprint density at radius 1 is 1.10 bits per heavy atom. The Bertz CT molecular complexity index is 675. The number of amides is 1. The minimum absolute atomic E-state index is 0.0764. The molecule has 2 rings (SSSR count). The zero-order valence-corrected chi connectivity index (χ0v) is 12.5. The van der Waals surface area contributed by atoms with Gasteiger partial charge in [0.1, 0.15) is 5.75 Å². The zero-order chi connectivity index (χ0) is 15.2. The van der Waals surface area contributed by atoms with Crippen molar-refractivity contribution in [1.29, 1.82) is 0 Å². The third kappa shape index (κ3) is 3.96. The molecule has 0 aliphatic carbocycles. The van der Waals surface area contributed by atoms with Crippen LogP contribution in [0.4, 0.5) is 5.69 Å². The first kappa shape index (κ1) is 14.9. The summed E-state index contributed by atoms with van der Waals surface area (Å²) in [5.74, 6) is 0.745. The largest absolute Gasteiger partial charge is 0.496 e. The van der Waals surface area contributed by atoms with E-state index in [0.29, 0.717) is 0 Å². The molecule has 1 N–H and O–H groups in total. The molecule has 0 heterocycles. The molecule has 2 aromatic rings. The quantitative estimate of drug-likeness (QED) is 0.856. The Morgan fingerprint density at radius 3 is 2.52 bits per heavy atom. The highest BCUT2D eigenvalue weighted by molar-refractivity contribution is 5.92. The first-order chi connectivity index (χ1) is 10.1. The maximum absolute atomic E-state index is 11.3. The van der Waals surface area contributed by atoms with E-state index in [1.807, 2.05) is 61.5 Å². The van der Waals surface area contributed by atoms with Gasteiger partial charge < -0.3 is 10.1 Å². The van der Waals surface area contributed by atoms with E-state index in [1.54, 1.807) is 7.11 Å². The number of hydrogen-bond donors (Lipinski definition) is 1. The molecule has 0 spiro atoms. The van der Waals surface area contributed by atoms with Crippen molar-refractivity contribution < 1.29 is 9.53 Å². The predicted octanol–water partition coefficient (Wildman–Crippen LogP) is 4.13. The monoisotopic (exact) mass is 281 g/mol. The van der Waals surface area contributed by atoms with Crippen LogP contribution in [-0.4, -0.2) is 13.0 Å². The smallest absolute Gasteiger partial charge is 0.221 e. The average Bonchev–Trinajstić information content (AvgIpc) is 2.46. The summed E-state index contributed by atoms with van der Waals surface area (Å²) >= 11 is 0. The fourth-order valence-electron chi connectivity index (χ4n) is 2.10. The fourth-order valence-corrected chi connectivity index (χ4v) is 2.10. The van der Waals surface area contributed by atoms with Crippen LogP contribution in [0.1, 0.15) is 23.6 Å². The number of hydrogen-bond acceptors (Lipinski definition) is 2. The Balaban J connectivity index is 2.34. The minimum atomic E-state index is -0.0764. The molecule has 1 amide bonds. The maximum atomic E-state index is 11.3. The van der Waals surface area contributed by atoms with Gasteiger partial charge in [0.05, 0.1) is 7.11 Å². The molecule has 0 fully saturated rings. The third-order valence-electron chi connectivity index (χ3n) is 3.10. The third-order valence-corrected chi connectivity index (χ3v) is 3.10. The number of carbonyl (C=O) groups is 1. The van der Waals surface area contributed by atoms with Crippen molar-refractivity contribution in [3.63, 3.8) is 0 Å². The molecule has 2 aromatic carbocycles. The lowest BCUT2D eigenvalue weighted by Gasteiger charge is -2.08. The number of para-hydroxylation sites is 1. The lowest BCUT2D eigenvalue weighted by molar-refractivity contribution is -0.114. The second-order valence-corrected chi connectivity index (χ2v) is 4.85. The number of anilines is 1. The second kappa shape index (κ2) is 6.75. The van der Waals surface area contributed by atoms with Crippen LogP contribution >= 0.6 is 0 Å². The Kier molecular flexibility index (Phi) is 4.77. The summed E-state index contributed by atoms with van der Waals surface area (Å²) in [6, 6.07) is 13.8. The highest BCUT2D eigenvalue weighted by Gasteiger charge is 2.03. The van der Waals surface area contributed by atoms with Gasteiger partial charge in [0, 0.05) is 18.2 Å². The van der Waals surface area contributed by atoms with Gasteiger partial charge in [0.2, 0.25) is 5.91 Å².